The topological polar surface area (TPSA) is 102 Å². The lowest BCUT2D eigenvalue weighted by Gasteiger charge is -2.49. The van der Waals surface area contributed by atoms with E-state index in [1.54, 1.807) is 0 Å². The van der Waals surface area contributed by atoms with Crippen LogP contribution in [0.15, 0.2) is 11.5 Å². The minimum Gasteiger partial charge on any atom is -0.492 e. The molecule has 0 spiro atoms. The van der Waals surface area contributed by atoms with E-state index in [1.165, 1.54) is 23.8 Å². The highest BCUT2D eigenvalue weighted by molar-refractivity contribution is 8.00. The Balaban J connectivity index is 2.27. The quantitative estimate of drug-likeness (QED) is 0.523. The van der Waals surface area contributed by atoms with Crippen molar-refractivity contribution in [3.8, 4) is 0 Å². The zero-order chi connectivity index (χ0) is 14.2. The Labute approximate surface area is 114 Å². The van der Waals surface area contributed by atoms with Crippen LogP contribution in [0.25, 0.3) is 0 Å². The second-order valence-corrected chi connectivity index (χ2v) is 5.72. The predicted molar refractivity (Wildman–Crippen MR) is 68.2 cm³/mol. The number of ether oxygens (including phenoxy) is 2. The van der Waals surface area contributed by atoms with Gasteiger partial charge in [-0.25, -0.2) is 4.79 Å². The van der Waals surface area contributed by atoms with Crippen LogP contribution in [-0.4, -0.2) is 58.9 Å². The zero-order valence-corrected chi connectivity index (χ0v) is 11.5. The van der Waals surface area contributed by atoms with Crippen LogP contribution >= 0.6 is 11.8 Å². The molecule has 7 nitrogen and oxygen atoms in total. The highest BCUT2D eigenvalue weighted by Crippen LogP contribution is 2.43. The lowest BCUT2D eigenvalue weighted by atomic mass is 10.1. The highest BCUT2D eigenvalue weighted by Gasteiger charge is 2.54. The van der Waals surface area contributed by atoms with Crippen molar-refractivity contribution in [3.05, 3.63) is 11.5 Å². The third-order valence-electron chi connectivity index (χ3n) is 3.02. The van der Waals surface area contributed by atoms with Gasteiger partial charge in [0, 0.05) is 7.11 Å². The van der Waals surface area contributed by atoms with Crippen molar-refractivity contribution in [2.24, 2.45) is 5.73 Å². The van der Waals surface area contributed by atoms with Crippen LogP contribution in [0.5, 0.6) is 0 Å². The Kier molecular flexibility index (Phi) is 4.02. The number of hydrogen-bond acceptors (Lipinski definition) is 6. The van der Waals surface area contributed by atoms with Gasteiger partial charge in [0.05, 0.1) is 11.9 Å². The number of carbonyl (C=O) groups is 2. The largest absolute Gasteiger partial charge is 0.492 e. The van der Waals surface area contributed by atoms with E-state index >= 15 is 0 Å². The van der Waals surface area contributed by atoms with Gasteiger partial charge in [-0.3, -0.25) is 9.69 Å². The predicted octanol–water partition coefficient (Wildman–Crippen LogP) is -0.423. The number of rotatable bonds is 5. The van der Waals surface area contributed by atoms with Gasteiger partial charge in [0.15, 0.2) is 5.70 Å². The van der Waals surface area contributed by atoms with Gasteiger partial charge < -0.3 is 20.3 Å². The fraction of sp³-hybridized carbons (Fsp3) is 0.636. The van der Waals surface area contributed by atoms with Crippen molar-refractivity contribution >= 4 is 23.6 Å². The molecular formula is C11H16N2O5S. The summed E-state index contributed by atoms with van der Waals surface area (Å²) in [6.07, 6.45) is 0. The monoisotopic (exact) mass is 288 g/mol. The summed E-state index contributed by atoms with van der Waals surface area (Å²) < 4.78 is 10.3. The summed E-state index contributed by atoms with van der Waals surface area (Å²) in [7, 11) is 1.53. The molecule has 0 saturated carbocycles. The average molecular weight is 288 g/mol. The fourth-order valence-electron chi connectivity index (χ4n) is 2.08. The van der Waals surface area contributed by atoms with Gasteiger partial charge in [0.25, 0.3) is 0 Å². The molecular weight excluding hydrogens is 272 g/mol. The van der Waals surface area contributed by atoms with Gasteiger partial charge in [0.1, 0.15) is 23.8 Å². The van der Waals surface area contributed by atoms with E-state index < -0.39 is 12.0 Å². The number of methoxy groups -OCH3 is 1. The smallest absolute Gasteiger partial charge is 0.356 e. The van der Waals surface area contributed by atoms with Crippen molar-refractivity contribution < 1.29 is 24.2 Å². The minimum absolute atomic E-state index is 0.0981. The molecule has 0 aromatic rings. The summed E-state index contributed by atoms with van der Waals surface area (Å²) in [5.41, 5.74) is 5.58. The number of aliphatic carboxylic acids is 1. The van der Waals surface area contributed by atoms with Crippen molar-refractivity contribution in [2.75, 3.05) is 20.3 Å². The van der Waals surface area contributed by atoms with E-state index in [0.717, 1.165) is 0 Å². The first-order valence-electron chi connectivity index (χ1n) is 5.82. The summed E-state index contributed by atoms with van der Waals surface area (Å²) in [6.45, 7) is 2.43. The van der Waals surface area contributed by atoms with E-state index in [4.69, 9.17) is 15.2 Å². The second-order valence-electron chi connectivity index (χ2n) is 4.26. The van der Waals surface area contributed by atoms with Crippen molar-refractivity contribution in [3.63, 3.8) is 0 Å². The number of carboxylic acid groups (broad SMARTS) is 1. The maximum Gasteiger partial charge on any atom is 0.356 e. The van der Waals surface area contributed by atoms with Gasteiger partial charge in [0.2, 0.25) is 5.91 Å². The van der Waals surface area contributed by atoms with E-state index in [9.17, 15) is 14.7 Å². The maximum absolute atomic E-state index is 11.7. The minimum atomic E-state index is -1.18. The Morgan fingerprint density at radius 1 is 1.53 bits per heavy atom. The fourth-order valence-corrected chi connectivity index (χ4v) is 3.42. The molecule has 2 aliphatic heterocycles. The molecule has 1 saturated heterocycles. The molecule has 2 unspecified atom stereocenters. The molecule has 3 N–H and O–H groups in total. The molecule has 0 aliphatic carbocycles. The molecule has 0 aromatic heterocycles. The summed E-state index contributed by atoms with van der Waals surface area (Å²) >= 11 is 1.43. The number of carbonyl (C=O) groups excluding carboxylic acids is 1. The third-order valence-corrected chi connectivity index (χ3v) is 4.42. The Hall–Kier alpha value is -1.25. The van der Waals surface area contributed by atoms with Crippen LogP contribution in [0.3, 0.4) is 0 Å². The number of thioether (sulfide) groups is 1. The standard InChI is InChI=1S/C11H16N2O5S/c1-5-8(18-4-3-17-2)7(11(15)16)13-9(14)6(12)10(13)19-5/h5-6,10H,3-4,12H2,1-2H3,(H,15,16)/t5?,6?,10-/m1/s1. The zero-order valence-electron chi connectivity index (χ0n) is 10.7. The Morgan fingerprint density at radius 3 is 2.79 bits per heavy atom. The first kappa shape index (κ1) is 14.2. The lowest BCUT2D eigenvalue weighted by Crippen LogP contribution is -2.69. The molecule has 0 radical (unpaired) electrons. The van der Waals surface area contributed by atoms with Crippen molar-refractivity contribution in [2.45, 2.75) is 23.6 Å². The van der Waals surface area contributed by atoms with Crippen LogP contribution in [0.2, 0.25) is 0 Å². The van der Waals surface area contributed by atoms with Crippen molar-refractivity contribution in [1.82, 2.24) is 4.90 Å². The molecule has 2 aliphatic rings. The molecule has 2 rings (SSSR count). The number of nitrogens with two attached hydrogens (primary N) is 1. The van der Waals surface area contributed by atoms with E-state index in [0.29, 0.717) is 12.4 Å². The van der Waals surface area contributed by atoms with Crippen LogP contribution < -0.4 is 5.73 Å². The molecule has 2 heterocycles. The molecule has 3 atom stereocenters. The first-order valence-corrected chi connectivity index (χ1v) is 6.76. The van der Waals surface area contributed by atoms with Crippen LogP contribution in [0, 0.1) is 0 Å². The number of amides is 1. The summed E-state index contributed by atoms with van der Waals surface area (Å²) in [4.78, 5) is 24.3. The number of β-lactam (4-membered cyclic amide) rings is 1. The summed E-state index contributed by atoms with van der Waals surface area (Å²) in [5, 5.41) is 8.82. The first-order chi connectivity index (χ1) is 8.99. The molecule has 106 valence electrons. The maximum atomic E-state index is 11.7. The number of nitrogens with zero attached hydrogens (tertiary/aromatic N) is 1. The molecule has 1 amide bonds. The molecule has 19 heavy (non-hydrogen) atoms. The third kappa shape index (κ3) is 2.31. The number of hydrogen-bond donors (Lipinski definition) is 2. The average Bonchev–Trinajstić information content (AvgIpc) is 2.38. The van der Waals surface area contributed by atoms with Crippen molar-refractivity contribution in [1.29, 1.82) is 0 Å². The molecule has 1 fully saturated rings. The van der Waals surface area contributed by atoms with Crippen LogP contribution in [0.1, 0.15) is 6.92 Å². The number of carboxylic acids is 1. The Bertz CT molecular complexity index is 439. The SMILES string of the molecule is COCCOC1=C(C(=O)O)N2C(=O)C(N)[C@H]2SC1C. The van der Waals surface area contributed by atoms with E-state index in [2.05, 4.69) is 0 Å². The van der Waals surface area contributed by atoms with E-state index in [-0.39, 0.29) is 28.8 Å². The summed E-state index contributed by atoms with van der Waals surface area (Å²) in [5.74, 6) is -1.26. The van der Waals surface area contributed by atoms with Gasteiger partial charge in [-0.05, 0) is 6.92 Å². The van der Waals surface area contributed by atoms with Gasteiger partial charge in [-0.15, -0.1) is 11.8 Å². The summed E-state index contributed by atoms with van der Waals surface area (Å²) in [6, 6.07) is -0.637. The van der Waals surface area contributed by atoms with Gasteiger partial charge in [-0.1, -0.05) is 0 Å². The van der Waals surface area contributed by atoms with E-state index in [1.807, 2.05) is 6.92 Å². The molecule has 8 heteroatoms. The highest BCUT2D eigenvalue weighted by atomic mass is 32.2. The Morgan fingerprint density at radius 2 is 2.21 bits per heavy atom. The van der Waals surface area contributed by atoms with Crippen LogP contribution in [-0.2, 0) is 19.1 Å². The van der Waals surface area contributed by atoms with Crippen LogP contribution in [0.4, 0.5) is 0 Å². The number of fused-ring (bicyclic) bond motifs is 1. The van der Waals surface area contributed by atoms with Gasteiger partial charge >= 0.3 is 5.97 Å². The second kappa shape index (κ2) is 5.40. The normalized spacial score (nSPS) is 29.9. The van der Waals surface area contributed by atoms with Gasteiger partial charge in [-0.2, -0.15) is 0 Å². The molecule has 0 aromatic carbocycles. The molecule has 0 bridgehead atoms. The lowest BCUT2D eigenvalue weighted by molar-refractivity contribution is -0.148.